The van der Waals surface area contributed by atoms with Gasteiger partial charge in [0.05, 0.1) is 25.9 Å². The number of rotatable bonds is 13. The van der Waals surface area contributed by atoms with Crippen LogP contribution < -0.4 is 0 Å². The number of benzene rings is 1. The molecule has 6 nitrogen and oxygen atoms in total. The van der Waals surface area contributed by atoms with Crippen LogP contribution in [0.4, 0.5) is 0 Å². The van der Waals surface area contributed by atoms with Crippen LogP contribution in [0.1, 0.15) is 53.0 Å². The molecule has 2 N–H and O–H groups in total. The fourth-order valence-corrected chi connectivity index (χ4v) is 5.94. The Balaban J connectivity index is 3.03. The predicted molar refractivity (Wildman–Crippen MR) is 124 cm³/mol. The molecule has 0 bridgehead atoms. The molecule has 2 unspecified atom stereocenters. The number of hydrogen-bond acceptors (Lipinski definition) is 4. The molecule has 1 aromatic rings. The van der Waals surface area contributed by atoms with Gasteiger partial charge in [0.1, 0.15) is 0 Å². The summed E-state index contributed by atoms with van der Waals surface area (Å²) >= 11 is 0. The second-order valence-corrected chi connectivity index (χ2v) is 13.5. The van der Waals surface area contributed by atoms with E-state index < -0.39 is 22.0 Å². The predicted octanol–water partition coefficient (Wildman–Crippen LogP) is 4.94. The lowest BCUT2D eigenvalue weighted by atomic mass is 9.82. The lowest BCUT2D eigenvalue weighted by molar-refractivity contribution is -0.0876. The molecule has 0 heterocycles. The van der Waals surface area contributed by atoms with E-state index in [0.29, 0.717) is 13.2 Å². The normalized spacial score (nSPS) is 15.4. The smallest absolute Gasteiger partial charge is 0.357 e. The zero-order valence-electron chi connectivity index (χ0n) is 19.6. The van der Waals surface area contributed by atoms with Gasteiger partial charge in [-0.3, -0.25) is 4.57 Å². The molecule has 0 amide bonds. The van der Waals surface area contributed by atoms with E-state index in [1.165, 1.54) is 0 Å². The van der Waals surface area contributed by atoms with Gasteiger partial charge in [0.2, 0.25) is 0 Å². The summed E-state index contributed by atoms with van der Waals surface area (Å²) in [5.74, 6) is -0.146. The SMILES string of the molecule is CCC(CC)(OCC(COCc1ccccc1)C(O[SiH](C)C)C(C)(C)C)P(=O)(O)O. The van der Waals surface area contributed by atoms with Crippen molar-refractivity contribution in [1.29, 1.82) is 0 Å². The van der Waals surface area contributed by atoms with E-state index in [2.05, 4.69) is 33.9 Å². The standard InChI is InChI=1S/C22H41O6PSi/c1-8-22(9-2,29(23,24)25)27-17-19(20(21(3,4)5)28-30(6)7)16-26-15-18-13-11-10-12-14-18/h10-14,19-20,30H,8-9,15-17H2,1-7H3,(H2,23,24,25). The third kappa shape index (κ3) is 8.19. The Bertz CT molecular complexity index is 651. The van der Waals surface area contributed by atoms with Gasteiger partial charge in [-0.15, -0.1) is 0 Å². The van der Waals surface area contributed by atoms with Crippen LogP contribution in [-0.2, 0) is 25.1 Å². The van der Waals surface area contributed by atoms with E-state index in [4.69, 9.17) is 13.9 Å². The van der Waals surface area contributed by atoms with E-state index in [0.717, 1.165) is 5.56 Å². The molecule has 0 aromatic heterocycles. The van der Waals surface area contributed by atoms with Gasteiger partial charge in [0.15, 0.2) is 14.4 Å². The minimum atomic E-state index is -4.43. The van der Waals surface area contributed by atoms with Crippen molar-refractivity contribution in [1.82, 2.24) is 0 Å². The summed E-state index contributed by atoms with van der Waals surface area (Å²) in [4.78, 5) is 19.9. The fraction of sp³-hybridized carbons (Fsp3) is 0.727. The Labute approximate surface area is 184 Å². The highest BCUT2D eigenvalue weighted by Crippen LogP contribution is 2.55. The molecule has 174 valence electrons. The Morgan fingerprint density at radius 2 is 1.60 bits per heavy atom. The van der Waals surface area contributed by atoms with Gasteiger partial charge >= 0.3 is 7.60 Å². The largest absolute Gasteiger partial charge is 0.417 e. The van der Waals surface area contributed by atoms with Crippen LogP contribution in [0.25, 0.3) is 0 Å². The lowest BCUT2D eigenvalue weighted by Crippen LogP contribution is -2.45. The van der Waals surface area contributed by atoms with Gasteiger partial charge in [-0.2, -0.15) is 0 Å². The molecule has 30 heavy (non-hydrogen) atoms. The first-order valence-corrected chi connectivity index (χ1v) is 15.2. The third-order valence-corrected chi connectivity index (χ3v) is 8.01. The lowest BCUT2D eigenvalue weighted by Gasteiger charge is -2.40. The quantitative estimate of drug-likeness (QED) is 0.320. The second kappa shape index (κ2) is 11.9. The minimum Gasteiger partial charge on any atom is -0.417 e. The molecular weight excluding hydrogens is 419 g/mol. The van der Waals surface area contributed by atoms with Crippen molar-refractivity contribution in [2.75, 3.05) is 13.2 Å². The molecule has 0 aliphatic rings. The summed E-state index contributed by atoms with van der Waals surface area (Å²) in [6, 6.07) is 9.94. The topological polar surface area (TPSA) is 85.2 Å². The van der Waals surface area contributed by atoms with Crippen LogP contribution in [0.3, 0.4) is 0 Å². The monoisotopic (exact) mass is 460 g/mol. The van der Waals surface area contributed by atoms with Crippen LogP contribution >= 0.6 is 7.60 Å². The molecule has 0 radical (unpaired) electrons. The van der Waals surface area contributed by atoms with Gasteiger partial charge in [-0.05, 0) is 36.9 Å². The fourth-order valence-electron chi connectivity index (χ4n) is 3.65. The minimum absolute atomic E-state index is 0.136. The average Bonchev–Trinajstić information content (AvgIpc) is 2.64. The maximum atomic E-state index is 12.2. The van der Waals surface area contributed by atoms with E-state index in [1.807, 2.05) is 30.3 Å². The molecule has 1 aromatic carbocycles. The highest BCUT2D eigenvalue weighted by Gasteiger charge is 2.46. The van der Waals surface area contributed by atoms with E-state index >= 15 is 0 Å². The van der Waals surface area contributed by atoms with Crippen molar-refractivity contribution in [3.63, 3.8) is 0 Å². The zero-order chi connectivity index (χ0) is 23.0. The maximum Gasteiger partial charge on any atom is 0.357 e. The summed E-state index contributed by atoms with van der Waals surface area (Å²) in [6.07, 6.45) is 0.347. The first-order chi connectivity index (χ1) is 13.9. The highest BCUT2D eigenvalue weighted by atomic mass is 31.2. The highest BCUT2D eigenvalue weighted by molar-refractivity contribution is 7.53. The second-order valence-electron chi connectivity index (χ2n) is 9.24. The van der Waals surface area contributed by atoms with Crippen molar-refractivity contribution in [3.8, 4) is 0 Å². The van der Waals surface area contributed by atoms with Crippen LogP contribution in [-0.4, -0.2) is 43.5 Å². The first kappa shape index (κ1) is 27.5. The number of hydrogen-bond donors (Lipinski definition) is 2. The Morgan fingerprint density at radius 1 is 1.03 bits per heavy atom. The summed E-state index contributed by atoms with van der Waals surface area (Å²) < 4.78 is 30.6. The van der Waals surface area contributed by atoms with Gasteiger partial charge in [0.25, 0.3) is 0 Å². The first-order valence-electron chi connectivity index (χ1n) is 10.8. The van der Waals surface area contributed by atoms with E-state index in [1.54, 1.807) is 13.8 Å². The molecule has 0 spiro atoms. The van der Waals surface area contributed by atoms with Crippen molar-refractivity contribution in [3.05, 3.63) is 35.9 Å². The van der Waals surface area contributed by atoms with Crippen LogP contribution in [0, 0.1) is 11.3 Å². The van der Waals surface area contributed by atoms with E-state index in [9.17, 15) is 14.4 Å². The summed E-state index contributed by atoms with van der Waals surface area (Å²) in [5.41, 5.74) is 0.917. The Kier molecular flexibility index (Phi) is 10.9. The van der Waals surface area contributed by atoms with Crippen molar-refractivity contribution in [2.24, 2.45) is 11.3 Å². The van der Waals surface area contributed by atoms with Gasteiger partial charge in [-0.25, -0.2) is 0 Å². The average molecular weight is 461 g/mol. The number of ether oxygens (including phenoxy) is 2. The Hall–Kier alpha value is -0.533. The molecular formula is C22H41O6PSi. The maximum absolute atomic E-state index is 12.2. The van der Waals surface area contributed by atoms with Crippen molar-refractivity contribution < 1.29 is 28.3 Å². The molecule has 8 heteroatoms. The molecule has 0 aliphatic heterocycles. The van der Waals surface area contributed by atoms with Crippen LogP contribution in [0.5, 0.6) is 0 Å². The molecule has 0 saturated carbocycles. The summed E-state index contributed by atoms with van der Waals surface area (Å²) in [6.45, 7) is 15.1. The third-order valence-electron chi connectivity index (χ3n) is 5.35. The summed E-state index contributed by atoms with van der Waals surface area (Å²) in [5, 5.41) is -1.47. The molecule has 2 atom stereocenters. The molecule has 0 saturated heterocycles. The van der Waals surface area contributed by atoms with E-state index in [-0.39, 0.29) is 36.9 Å². The van der Waals surface area contributed by atoms with Crippen molar-refractivity contribution in [2.45, 2.75) is 78.6 Å². The molecule has 0 aliphatic carbocycles. The van der Waals surface area contributed by atoms with Crippen molar-refractivity contribution >= 4 is 16.6 Å². The molecule has 1 rings (SSSR count). The van der Waals surface area contributed by atoms with Gasteiger partial charge in [-0.1, -0.05) is 65.0 Å². The van der Waals surface area contributed by atoms with Crippen LogP contribution in [0.15, 0.2) is 30.3 Å². The molecule has 0 fully saturated rings. The van der Waals surface area contributed by atoms with Crippen LogP contribution in [0.2, 0.25) is 13.1 Å². The van der Waals surface area contributed by atoms with Gasteiger partial charge in [0, 0.05) is 5.92 Å². The summed E-state index contributed by atoms with van der Waals surface area (Å²) in [7, 11) is -5.79. The van der Waals surface area contributed by atoms with Gasteiger partial charge < -0.3 is 23.7 Å². The zero-order valence-corrected chi connectivity index (χ0v) is 21.7. The Morgan fingerprint density at radius 3 is 2.03 bits per heavy atom.